The van der Waals surface area contributed by atoms with Crippen molar-refractivity contribution in [3.8, 4) is 5.75 Å². The van der Waals surface area contributed by atoms with E-state index in [1.165, 1.54) is 6.07 Å². The molecule has 0 unspecified atom stereocenters. The molecule has 0 amide bonds. The summed E-state index contributed by atoms with van der Waals surface area (Å²) in [4.78, 5) is 4.42. The highest BCUT2D eigenvalue weighted by Crippen LogP contribution is 2.37. The second-order valence-corrected chi connectivity index (χ2v) is 8.98. The molecular weight excluding hydrogens is 398 g/mol. The smallest absolute Gasteiger partial charge is 0.241 e. The van der Waals surface area contributed by atoms with Gasteiger partial charge in [0.1, 0.15) is 17.7 Å². The standard InChI is InChI=1S/C20H20ClN3O3S/c1-14-9-16-10-17(11-18(21)20(16)27-14)28(25,26)23-12-19-22-7-8-24(19)13-15-5-3-2-4-6-15/h2-8,10-11,14,23H,9,12-13H2,1H3/t14-/m0/s1. The maximum Gasteiger partial charge on any atom is 0.241 e. The highest BCUT2D eigenvalue weighted by Gasteiger charge is 2.26. The van der Waals surface area contributed by atoms with Gasteiger partial charge in [-0.05, 0) is 24.6 Å². The Hall–Kier alpha value is -2.35. The minimum Gasteiger partial charge on any atom is -0.489 e. The van der Waals surface area contributed by atoms with Gasteiger partial charge in [0.25, 0.3) is 0 Å². The Morgan fingerprint density at radius 2 is 2.07 bits per heavy atom. The van der Waals surface area contributed by atoms with Crippen LogP contribution in [-0.2, 0) is 29.5 Å². The van der Waals surface area contributed by atoms with Crippen LogP contribution in [0.1, 0.15) is 23.9 Å². The van der Waals surface area contributed by atoms with Crippen molar-refractivity contribution in [2.45, 2.75) is 37.4 Å². The number of nitrogens with one attached hydrogen (secondary N) is 1. The van der Waals surface area contributed by atoms with Gasteiger partial charge in [-0.1, -0.05) is 41.9 Å². The van der Waals surface area contributed by atoms with Crippen molar-refractivity contribution in [1.82, 2.24) is 14.3 Å². The maximum absolute atomic E-state index is 12.8. The third kappa shape index (κ3) is 3.92. The number of nitrogens with zero attached hydrogens (tertiary/aromatic N) is 2. The van der Waals surface area contributed by atoms with Crippen molar-refractivity contribution in [3.63, 3.8) is 0 Å². The zero-order valence-corrected chi connectivity index (χ0v) is 16.9. The van der Waals surface area contributed by atoms with E-state index in [9.17, 15) is 8.42 Å². The van der Waals surface area contributed by atoms with Gasteiger partial charge in [0.05, 0.1) is 16.5 Å². The molecule has 2 heterocycles. The third-order valence-corrected chi connectivity index (χ3v) is 6.31. The molecular formula is C20H20ClN3O3S. The predicted molar refractivity (Wildman–Crippen MR) is 107 cm³/mol. The lowest BCUT2D eigenvalue weighted by atomic mass is 10.1. The Morgan fingerprint density at radius 3 is 2.86 bits per heavy atom. The number of rotatable bonds is 6. The third-order valence-electron chi connectivity index (χ3n) is 4.65. The average Bonchev–Trinajstić information content (AvgIpc) is 3.26. The topological polar surface area (TPSA) is 73.2 Å². The van der Waals surface area contributed by atoms with Gasteiger partial charge in [-0.15, -0.1) is 0 Å². The van der Waals surface area contributed by atoms with Crippen molar-refractivity contribution < 1.29 is 13.2 Å². The minimum atomic E-state index is -3.73. The van der Waals surface area contributed by atoms with Crippen LogP contribution in [0.3, 0.4) is 0 Å². The number of hydrogen-bond acceptors (Lipinski definition) is 4. The van der Waals surface area contributed by atoms with Crippen LogP contribution in [0.15, 0.2) is 59.8 Å². The van der Waals surface area contributed by atoms with E-state index in [0.717, 1.165) is 11.1 Å². The van der Waals surface area contributed by atoms with Gasteiger partial charge in [0.2, 0.25) is 10.0 Å². The Morgan fingerprint density at radius 1 is 1.29 bits per heavy atom. The average molecular weight is 418 g/mol. The van der Waals surface area contributed by atoms with Crippen LogP contribution >= 0.6 is 11.6 Å². The predicted octanol–water partition coefficient (Wildman–Crippen LogP) is 3.39. The van der Waals surface area contributed by atoms with Crippen LogP contribution in [0.25, 0.3) is 0 Å². The van der Waals surface area contributed by atoms with Gasteiger partial charge in [-0.2, -0.15) is 0 Å². The van der Waals surface area contributed by atoms with Gasteiger partial charge >= 0.3 is 0 Å². The molecule has 146 valence electrons. The summed E-state index contributed by atoms with van der Waals surface area (Å²) in [5.74, 6) is 1.21. The largest absolute Gasteiger partial charge is 0.489 e. The minimum absolute atomic E-state index is 0.0103. The number of halogens is 1. The normalized spacial score (nSPS) is 16.0. The van der Waals surface area contributed by atoms with Crippen LogP contribution in [-0.4, -0.2) is 24.1 Å². The SMILES string of the molecule is C[C@H]1Cc2cc(S(=O)(=O)NCc3nccn3Cc3ccccc3)cc(Cl)c2O1. The Balaban J connectivity index is 1.51. The molecule has 28 heavy (non-hydrogen) atoms. The second kappa shape index (κ2) is 7.58. The summed E-state index contributed by atoms with van der Waals surface area (Å²) in [6.45, 7) is 2.64. The zero-order valence-electron chi connectivity index (χ0n) is 15.3. The molecule has 1 aliphatic heterocycles. The lowest BCUT2D eigenvalue weighted by molar-refractivity contribution is 0.255. The Labute approximate surface area is 169 Å². The van der Waals surface area contributed by atoms with Crippen LogP contribution in [0, 0.1) is 0 Å². The van der Waals surface area contributed by atoms with Gasteiger partial charge < -0.3 is 9.30 Å². The maximum atomic E-state index is 12.8. The first kappa shape index (κ1) is 19.0. The fraction of sp³-hybridized carbons (Fsp3) is 0.250. The number of fused-ring (bicyclic) bond motifs is 1. The van der Waals surface area contributed by atoms with E-state index >= 15 is 0 Å². The number of sulfonamides is 1. The highest BCUT2D eigenvalue weighted by atomic mass is 35.5. The van der Waals surface area contributed by atoms with Crippen molar-refractivity contribution >= 4 is 21.6 Å². The van der Waals surface area contributed by atoms with Crippen molar-refractivity contribution in [1.29, 1.82) is 0 Å². The van der Waals surface area contributed by atoms with Gasteiger partial charge in [-0.25, -0.2) is 18.1 Å². The molecule has 2 aromatic carbocycles. The molecule has 1 aliphatic rings. The number of hydrogen-bond donors (Lipinski definition) is 1. The molecule has 1 atom stereocenters. The molecule has 1 N–H and O–H groups in total. The zero-order chi connectivity index (χ0) is 19.7. The molecule has 0 fully saturated rings. The summed E-state index contributed by atoms with van der Waals surface area (Å²) in [5, 5.41) is 0.313. The van der Waals surface area contributed by atoms with Crippen LogP contribution in [0.4, 0.5) is 0 Å². The van der Waals surface area contributed by atoms with Gasteiger partial charge in [-0.3, -0.25) is 0 Å². The lowest BCUT2D eigenvalue weighted by Crippen LogP contribution is -2.25. The molecule has 4 rings (SSSR count). The summed E-state index contributed by atoms with van der Waals surface area (Å²) in [7, 11) is -3.73. The highest BCUT2D eigenvalue weighted by molar-refractivity contribution is 7.89. The quantitative estimate of drug-likeness (QED) is 0.667. The van der Waals surface area contributed by atoms with Crippen LogP contribution in [0.2, 0.25) is 5.02 Å². The fourth-order valence-electron chi connectivity index (χ4n) is 3.29. The van der Waals surface area contributed by atoms with Crippen molar-refractivity contribution in [3.05, 3.63) is 76.8 Å². The van der Waals surface area contributed by atoms with Crippen LogP contribution in [0.5, 0.6) is 5.75 Å². The summed E-state index contributed by atoms with van der Waals surface area (Å²) in [6.07, 6.45) is 4.13. The number of benzene rings is 2. The number of ether oxygens (including phenoxy) is 1. The monoisotopic (exact) mass is 417 g/mol. The Bertz CT molecular complexity index is 1100. The first-order valence-corrected chi connectivity index (χ1v) is 10.8. The number of aromatic nitrogens is 2. The molecule has 0 saturated heterocycles. The molecule has 0 spiro atoms. The van der Waals surface area contributed by atoms with Crippen molar-refractivity contribution in [2.75, 3.05) is 0 Å². The van der Waals surface area contributed by atoms with E-state index in [4.69, 9.17) is 16.3 Å². The summed E-state index contributed by atoms with van der Waals surface area (Å²) < 4.78 is 35.7. The van der Waals surface area contributed by atoms with Crippen LogP contribution < -0.4 is 9.46 Å². The molecule has 1 aromatic heterocycles. The summed E-state index contributed by atoms with van der Waals surface area (Å²) in [6, 6.07) is 13.0. The van der Waals surface area contributed by atoms with E-state index in [-0.39, 0.29) is 17.5 Å². The molecule has 8 heteroatoms. The van der Waals surface area contributed by atoms with E-state index in [2.05, 4.69) is 9.71 Å². The fourth-order valence-corrected chi connectivity index (χ4v) is 4.69. The lowest BCUT2D eigenvalue weighted by Gasteiger charge is -2.11. The molecule has 6 nitrogen and oxygen atoms in total. The molecule has 0 radical (unpaired) electrons. The summed E-state index contributed by atoms with van der Waals surface area (Å²) >= 11 is 6.23. The van der Waals surface area contributed by atoms with E-state index in [0.29, 0.717) is 29.6 Å². The van der Waals surface area contributed by atoms with E-state index in [1.54, 1.807) is 12.3 Å². The number of imidazole rings is 1. The van der Waals surface area contributed by atoms with Gasteiger partial charge in [0.15, 0.2) is 0 Å². The van der Waals surface area contributed by atoms with Crippen molar-refractivity contribution in [2.24, 2.45) is 0 Å². The molecule has 0 bridgehead atoms. The molecule has 0 aliphatic carbocycles. The first-order chi connectivity index (χ1) is 13.4. The first-order valence-electron chi connectivity index (χ1n) is 8.95. The van der Waals surface area contributed by atoms with Gasteiger partial charge in [0, 0.05) is 30.9 Å². The second-order valence-electron chi connectivity index (χ2n) is 6.81. The van der Waals surface area contributed by atoms with E-state index < -0.39 is 10.0 Å². The van der Waals surface area contributed by atoms with E-state index in [1.807, 2.05) is 48.0 Å². The molecule has 3 aromatic rings. The molecule has 0 saturated carbocycles. The summed E-state index contributed by atoms with van der Waals surface area (Å²) in [5.41, 5.74) is 1.93. The Kier molecular flexibility index (Phi) is 5.14.